The molecule has 1 aliphatic heterocycles. The molecule has 1 N–H and O–H groups in total. The first-order valence-electron chi connectivity index (χ1n) is 5.51. The summed E-state index contributed by atoms with van der Waals surface area (Å²) in [5, 5.41) is 20.4. The highest BCUT2D eigenvalue weighted by Gasteiger charge is 2.25. The van der Waals surface area contributed by atoms with Gasteiger partial charge in [-0.25, -0.2) is 0 Å². The number of aliphatic carboxylic acids is 1. The van der Waals surface area contributed by atoms with E-state index >= 15 is 0 Å². The lowest BCUT2D eigenvalue weighted by molar-refractivity contribution is -0.304. The first-order valence-corrected chi connectivity index (χ1v) is 8.00. The number of rotatable bonds is 3. The van der Waals surface area contributed by atoms with E-state index in [0.29, 0.717) is 5.71 Å². The number of nitrogens with zero attached hydrogens (tertiary/aromatic N) is 2. The van der Waals surface area contributed by atoms with Gasteiger partial charge in [-0.2, -0.15) is 5.10 Å². The van der Waals surface area contributed by atoms with Crippen molar-refractivity contribution in [1.29, 1.82) is 0 Å². The van der Waals surface area contributed by atoms with Crippen LogP contribution in [0.1, 0.15) is 18.2 Å². The number of halogens is 1. The third-order valence-electron chi connectivity index (χ3n) is 2.35. The molecule has 0 bridgehead atoms. The van der Waals surface area contributed by atoms with Crippen molar-refractivity contribution in [1.82, 2.24) is 5.32 Å². The number of hydrogen-bond donors (Lipinski definition) is 1. The summed E-state index contributed by atoms with van der Waals surface area (Å²) in [4.78, 5) is 23.1. The van der Waals surface area contributed by atoms with Crippen LogP contribution < -0.4 is 10.4 Å². The average Bonchev–Trinajstić information content (AvgIpc) is 2.82. The zero-order valence-corrected chi connectivity index (χ0v) is 13.5. The smallest absolute Gasteiger partial charge is 0.227 e. The molecule has 1 aromatic rings. The minimum absolute atomic E-state index is 0.118. The van der Waals surface area contributed by atoms with Gasteiger partial charge in [0.15, 0.2) is 5.17 Å². The summed E-state index contributed by atoms with van der Waals surface area (Å²) in [5.74, 6) is -1.68. The van der Waals surface area contributed by atoms with Gasteiger partial charge in [-0.15, -0.1) is 16.4 Å². The Morgan fingerprint density at radius 2 is 2.30 bits per heavy atom. The summed E-state index contributed by atoms with van der Waals surface area (Å²) in [7, 11) is 0. The number of carbonyl (C=O) groups excluding carboxylic acids is 2. The Labute approximate surface area is 131 Å². The van der Waals surface area contributed by atoms with Crippen LogP contribution in [0, 0.1) is 0 Å². The molecule has 1 aliphatic rings. The molecule has 0 spiro atoms. The summed E-state index contributed by atoms with van der Waals surface area (Å²) in [5.41, 5.74) is 0.679. The number of carboxylic acids is 1. The standard InChI is InChI=1S/C11H10BrN3O3S2/c1-5(6-2-3-8(12)19-6)14-15-11-13-9(16)4-7(20-11)10(17)18/h2-3,7H,4H2,1H3,(H,17,18)(H,13,15,16)/p-1/b14-5-/t7-/m0/s1. The average molecular weight is 375 g/mol. The van der Waals surface area contributed by atoms with E-state index < -0.39 is 17.1 Å². The molecule has 20 heavy (non-hydrogen) atoms. The van der Waals surface area contributed by atoms with Gasteiger partial charge in [0.25, 0.3) is 0 Å². The van der Waals surface area contributed by atoms with E-state index in [0.717, 1.165) is 20.4 Å². The number of nitrogens with one attached hydrogen (secondary N) is 1. The van der Waals surface area contributed by atoms with Gasteiger partial charge in [-0.05, 0) is 35.0 Å². The summed E-state index contributed by atoms with van der Waals surface area (Å²) < 4.78 is 0.979. The molecular formula is C11H9BrN3O3S2-. The molecule has 6 nitrogen and oxygen atoms in total. The van der Waals surface area contributed by atoms with Crippen LogP contribution in [-0.2, 0) is 9.59 Å². The summed E-state index contributed by atoms with van der Waals surface area (Å²) in [6.07, 6.45) is -0.118. The lowest BCUT2D eigenvalue weighted by atomic mass is 10.3. The van der Waals surface area contributed by atoms with E-state index in [-0.39, 0.29) is 11.6 Å². The SMILES string of the molecule is C/C(=N/N=C1\NC(=O)C[C@@H](C(=O)[O-])S1)c1ccc(Br)s1. The Kier molecular flexibility index (Phi) is 4.95. The molecule has 0 aliphatic carbocycles. The van der Waals surface area contributed by atoms with E-state index in [1.165, 1.54) is 11.3 Å². The first-order chi connectivity index (χ1) is 9.45. The lowest BCUT2D eigenvalue weighted by Crippen LogP contribution is -2.44. The molecular weight excluding hydrogens is 366 g/mol. The van der Waals surface area contributed by atoms with E-state index in [2.05, 4.69) is 31.4 Å². The highest BCUT2D eigenvalue weighted by Crippen LogP contribution is 2.23. The molecule has 2 rings (SSSR count). The number of carboxylic acid groups (broad SMARTS) is 1. The Hall–Kier alpha value is -1.19. The number of amidine groups is 1. The molecule has 1 fully saturated rings. The van der Waals surface area contributed by atoms with Gasteiger partial charge >= 0.3 is 0 Å². The topological polar surface area (TPSA) is 94.0 Å². The molecule has 9 heteroatoms. The fraction of sp³-hybridized carbons (Fsp3) is 0.273. The molecule has 1 amide bonds. The van der Waals surface area contributed by atoms with Gasteiger partial charge < -0.3 is 15.2 Å². The van der Waals surface area contributed by atoms with Crippen molar-refractivity contribution in [3.8, 4) is 0 Å². The van der Waals surface area contributed by atoms with Crippen molar-refractivity contribution in [2.75, 3.05) is 0 Å². The Morgan fingerprint density at radius 3 is 2.90 bits per heavy atom. The predicted molar refractivity (Wildman–Crippen MR) is 80.8 cm³/mol. The molecule has 1 aromatic heterocycles. The summed E-state index contributed by atoms with van der Waals surface area (Å²) in [6.45, 7) is 1.79. The van der Waals surface area contributed by atoms with E-state index in [4.69, 9.17) is 0 Å². The lowest BCUT2D eigenvalue weighted by Gasteiger charge is -2.22. The third kappa shape index (κ3) is 3.90. The van der Waals surface area contributed by atoms with Crippen molar-refractivity contribution in [3.05, 3.63) is 20.8 Å². The maximum Gasteiger partial charge on any atom is 0.227 e. The van der Waals surface area contributed by atoms with Crippen LogP contribution in [0.25, 0.3) is 0 Å². The van der Waals surface area contributed by atoms with Crippen LogP contribution in [0.5, 0.6) is 0 Å². The van der Waals surface area contributed by atoms with Gasteiger partial charge in [-0.3, -0.25) is 4.79 Å². The normalized spacial score (nSPS) is 21.9. The Balaban J connectivity index is 2.13. The molecule has 0 unspecified atom stereocenters. The van der Waals surface area contributed by atoms with Crippen LogP contribution in [0.2, 0.25) is 0 Å². The highest BCUT2D eigenvalue weighted by molar-refractivity contribution is 9.11. The second kappa shape index (κ2) is 6.51. The van der Waals surface area contributed by atoms with Gasteiger partial charge in [0.1, 0.15) is 0 Å². The zero-order chi connectivity index (χ0) is 14.7. The largest absolute Gasteiger partial charge is 0.549 e. The van der Waals surface area contributed by atoms with Crippen LogP contribution in [-0.4, -0.2) is 28.0 Å². The Morgan fingerprint density at radius 1 is 1.55 bits per heavy atom. The number of carbonyl (C=O) groups is 2. The molecule has 0 radical (unpaired) electrons. The van der Waals surface area contributed by atoms with Crippen LogP contribution in [0.3, 0.4) is 0 Å². The number of thiophene rings is 1. The summed E-state index contributed by atoms with van der Waals surface area (Å²) >= 11 is 5.79. The molecule has 1 saturated heterocycles. The van der Waals surface area contributed by atoms with Crippen LogP contribution >= 0.6 is 39.0 Å². The van der Waals surface area contributed by atoms with E-state index in [1.54, 1.807) is 6.92 Å². The monoisotopic (exact) mass is 374 g/mol. The zero-order valence-electron chi connectivity index (χ0n) is 10.3. The second-order valence-electron chi connectivity index (χ2n) is 3.87. The van der Waals surface area contributed by atoms with Crippen molar-refractivity contribution >= 4 is 61.8 Å². The van der Waals surface area contributed by atoms with Crippen LogP contribution in [0.15, 0.2) is 26.1 Å². The van der Waals surface area contributed by atoms with Crippen molar-refractivity contribution in [3.63, 3.8) is 0 Å². The molecule has 2 heterocycles. The Bertz CT molecular complexity index is 612. The predicted octanol–water partition coefficient (Wildman–Crippen LogP) is 0.962. The maximum atomic E-state index is 11.4. The van der Waals surface area contributed by atoms with Crippen molar-refractivity contribution in [2.24, 2.45) is 10.2 Å². The van der Waals surface area contributed by atoms with Gasteiger partial charge in [0.05, 0.1) is 25.6 Å². The number of hydrogen-bond acceptors (Lipinski definition) is 7. The second-order valence-corrected chi connectivity index (χ2v) is 7.53. The maximum absolute atomic E-state index is 11.4. The van der Waals surface area contributed by atoms with E-state index in [1.807, 2.05) is 12.1 Å². The van der Waals surface area contributed by atoms with Crippen LogP contribution in [0.4, 0.5) is 0 Å². The molecule has 0 saturated carbocycles. The van der Waals surface area contributed by atoms with Gasteiger partial charge in [0, 0.05) is 6.42 Å². The van der Waals surface area contributed by atoms with Gasteiger partial charge in [0.2, 0.25) is 5.91 Å². The number of amides is 1. The molecule has 0 aromatic carbocycles. The first kappa shape index (κ1) is 15.2. The summed E-state index contributed by atoms with van der Waals surface area (Å²) in [6, 6.07) is 3.79. The third-order valence-corrected chi connectivity index (χ3v) is 5.14. The molecule has 1 atom stereocenters. The highest BCUT2D eigenvalue weighted by atomic mass is 79.9. The quantitative estimate of drug-likeness (QED) is 0.629. The fourth-order valence-corrected chi connectivity index (χ4v) is 3.59. The minimum Gasteiger partial charge on any atom is -0.549 e. The van der Waals surface area contributed by atoms with Gasteiger partial charge in [-0.1, -0.05) is 11.8 Å². The van der Waals surface area contributed by atoms with E-state index in [9.17, 15) is 14.7 Å². The minimum atomic E-state index is -1.28. The number of thioether (sulfide) groups is 1. The molecule has 106 valence electrons. The van der Waals surface area contributed by atoms with Crippen molar-refractivity contribution < 1.29 is 14.7 Å². The fourth-order valence-electron chi connectivity index (χ4n) is 1.40. The van der Waals surface area contributed by atoms with Crippen molar-refractivity contribution in [2.45, 2.75) is 18.6 Å².